The lowest BCUT2D eigenvalue weighted by atomic mass is 9.64. The zero-order valence-electron chi connectivity index (χ0n) is 14.0. The number of carboxylic acids is 1. The van der Waals surface area contributed by atoms with Gasteiger partial charge in [0, 0.05) is 31.1 Å². The second kappa shape index (κ2) is 5.71. The van der Waals surface area contributed by atoms with Crippen LogP contribution in [0.3, 0.4) is 0 Å². The van der Waals surface area contributed by atoms with Crippen molar-refractivity contribution < 1.29 is 24.4 Å². The summed E-state index contributed by atoms with van der Waals surface area (Å²) in [5.41, 5.74) is 0. The van der Waals surface area contributed by atoms with Gasteiger partial charge >= 0.3 is 5.97 Å². The number of carbonyl (C=O) groups is 1. The fraction of sp³-hybridized carbons (Fsp3) is 0.944. The molecule has 4 fully saturated rings. The fourth-order valence-corrected chi connectivity index (χ4v) is 5.49. The van der Waals surface area contributed by atoms with E-state index in [-0.39, 0.29) is 12.3 Å². The Hall–Kier alpha value is -0.650. The van der Waals surface area contributed by atoms with Crippen molar-refractivity contribution in [2.75, 3.05) is 0 Å². The zero-order chi connectivity index (χ0) is 16.1. The second-order valence-electron chi connectivity index (χ2n) is 8.31. The molecule has 130 valence electrons. The van der Waals surface area contributed by atoms with Crippen molar-refractivity contribution in [3.8, 4) is 0 Å². The molecular weight excluding hydrogens is 296 g/mol. The van der Waals surface area contributed by atoms with Crippen LogP contribution in [0.4, 0.5) is 0 Å². The Morgan fingerprint density at radius 2 is 1.91 bits per heavy atom. The highest BCUT2D eigenvalue weighted by Gasteiger charge is 2.62. The Morgan fingerprint density at radius 3 is 2.65 bits per heavy atom. The van der Waals surface area contributed by atoms with Gasteiger partial charge in [0.15, 0.2) is 0 Å². The van der Waals surface area contributed by atoms with Gasteiger partial charge in [-0.2, -0.15) is 9.78 Å². The van der Waals surface area contributed by atoms with Gasteiger partial charge in [0.25, 0.3) is 0 Å². The average Bonchev–Trinajstić information content (AvgIpc) is 2.89. The van der Waals surface area contributed by atoms with E-state index >= 15 is 0 Å². The van der Waals surface area contributed by atoms with Gasteiger partial charge in [0.1, 0.15) is 0 Å². The predicted molar refractivity (Wildman–Crippen MR) is 82.2 cm³/mol. The van der Waals surface area contributed by atoms with Crippen LogP contribution in [0, 0.1) is 23.7 Å². The van der Waals surface area contributed by atoms with Crippen molar-refractivity contribution in [1.82, 2.24) is 0 Å². The van der Waals surface area contributed by atoms with Gasteiger partial charge in [-0.1, -0.05) is 19.8 Å². The van der Waals surface area contributed by atoms with Gasteiger partial charge in [-0.15, -0.1) is 0 Å². The summed E-state index contributed by atoms with van der Waals surface area (Å²) in [4.78, 5) is 22.7. The van der Waals surface area contributed by atoms with Gasteiger partial charge in [0.05, 0.1) is 0 Å². The molecule has 23 heavy (non-hydrogen) atoms. The molecule has 0 amide bonds. The molecule has 4 rings (SSSR count). The van der Waals surface area contributed by atoms with E-state index in [9.17, 15) is 4.79 Å². The lowest BCUT2D eigenvalue weighted by Gasteiger charge is -2.49. The lowest BCUT2D eigenvalue weighted by Crippen LogP contribution is -2.53. The third kappa shape index (κ3) is 2.71. The van der Waals surface area contributed by atoms with E-state index in [0.29, 0.717) is 11.8 Å². The first kappa shape index (κ1) is 15.9. The molecule has 1 heterocycles. The molecule has 1 saturated heterocycles. The molecule has 3 saturated carbocycles. The van der Waals surface area contributed by atoms with E-state index < -0.39 is 17.5 Å². The third-order valence-corrected chi connectivity index (χ3v) is 6.73. The minimum absolute atomic E-state index is 0.240. The maximum atomic E-state index is 10.9. The summed E-state index contributed by atoms with van der Waals surface area (Å²) in [7, 11) is 0. The minimum atomic E-state index is -0.707. The highest BCUT2D eigenvalue weighted by molar-refractivity contribution is 5.67. The van der Waals surface area contributed by atoms with E-state index in [1.807, 2.05) is 0 Å². The van der Waals surface area contributed by atoms with Crippen LogP contribution >= 0.6 is 0 Å². The molecule has 3 aliphatic carbocycles. The van der Waals surface area contributed by atoms with Crippen LogP contribution in [0.25, 0.3) is 0 Å². The maximum Gasteiger partial charge on any atom is 0.303 e. The third-order valence-electron chi connectivity index (χ3n) is 6.73. The summed E-state index contributed by atoms with van der Waals surface area (Å²) in [6, 6.07) is 0. The summed E-state index contributed by atoms with van der Waals surface area (Å²) < 4.78 is 6.58. The smallest absolute Gasteiger partial charge is 0.303 e. The van der Waals surface area contributed by atoms with Gasteiger partial charge in [-0.25, -0.2) is 0 Å². The van der Waals surface area contributed by atoms with Crippen molar-refractivity contribution >= 4 is 5.97 Å². The molecule has 5 heteroatoms. The molecule has 0 aromatic heterocycles. The highest BCUT2D eigenvalue weighted by atomic mass is 17.3. The van der Waals surface area contributed by atoms with Crippen molar-refractivity contribution in [3.05, 3.63) is 0 Å². The summed E-state index contributed by atoms with van der Waals surface area (Å²) in [5, 5.41) is 8.97. The number of fused-ring (bicyclic) bond motifs is 3. The van der Waals surface area contributed by atoms with E-state index in [1.54, 1.807) is 0 Å². The summed E-state index contributed by atoms with van der Waals surface area (Å²) in [6.07, 6.45) is 9.57. The Kier molecular flexibility index (Phi) is 3.94. The molecule has 0 radical (unpaired) electrons. The fourth-order valence-electron chi connectivity index (χ4n) is 5.49. The normalized spacial score (nSPS) is 49.6. The number of aliphatic carboxylic acids is 1. The number of hydrogen-bond acceptors (Lipinski definition) is 4. The minimum Gasteiger partial charge on any atom is -0.481 e. The second-order valence-corrected chi connectivity index (χ2v) is 8.31. The van der Waals surface area contributed by atoms with Gasteiger partial charge in [-0.05, 0) is 43.9 Å². The molecule has 0 aromatic carbocycles. The molecule has 4 aliphatic rings. The quantitative estimate of drug-likeness (QED) is 0.781. The van der Waals surface area contributed by atoms with Crippen LogP contribution in [0.5, 0.6) is 0 Å². The Morgan fingerprint density at radius 1 is 1.13 bits per heavy atom. The van der Waals surface area contributed by atoms with Crippen LogP contribution in [-0.2, 0) is 19.3 Å². The topological polar surface area (TPSA) is 65.0 Å². The lowest BCUT2D eigenvalue weighted by molar-refractivity contribution is -0.379. The molecule has 0 aromatic rings. The standard InChI is InChI=1S/C18H28O5/c1-12-9-14-3-2-4-15(10-14)18(12)21-17(22-23-18)7-5-13(6-8-17)11-16(19)20/h12-15H,2-11H2,1H3,(H,19,20)/t12-,13?,14+,15+,17?,18+/m1/s1. The number of rotatable bonds is 2. The van der Waals surface area contributed by atoms with E-state index in [4.69, 9.17) is 19.6 Å². The molecule has 1 N–H and O–H groups in total. The molecular formula is C18H28O5. The number of hydrogen-bond donors (Lipinski definition) is 1. The summed E-state index contributed by atoms with van der Waals surface area (Å²) >= 11 is 0. The Balaban J connectivity index is 1.45. The molecule has 5 nitrogen and oxygen atoms in total. The van der Waals surface area contributed by atoms with Crippen LogP contribution in [0.2, 0.25) is 0 Å². The zero-order valence-corrected chi connectivity index (χ0v) is 14.0. The molecule has 2 spiro atoms. The summed E-state index contributed by atoms with van der Waals surface area (Å²) in [5.74, 6) is -0.0246. The van der Waals surface area contributed by atoms with E-state index in [1.165, 1.54) is 25.7 Å². The highest BCUT2D eigenvalue weighted by Crippen LogP contribution is 2.57. The van der Waals surface area contributed by atoms with Crippen molar-refractivity contribution in [3.63, 3.8) is 0 Å². The SMILES string of the molecule is C[C@@H]1C[C@@H]2CCC[C@@H](C2)[C@@]12OOC1(CCC(CC(=O)O)CC1)O2. The van der Waals surface area contributed by atoms with E-state index in [2.05, 4.69) is 6.92 Å². The predicted octanol–water partition coefficient (Wildman–Crippen LogP) is 3.87. The first-order chi connectivity index (χ1) is 11.0. The van der Waals surface area contributed by atoms with Crippen molar-refractivity contribution in [2.24, 2.45) is 23.7 Å². The molecule has 0 unspecified atom stereocenters. The monoisotopic (exact) mass is 324 g/mol. The first-order valence-electron chi connectivity index (χ1n) is 9.30. The van der Waals surface area contributed by atoms with Crippen molar-refractivity contribution in [1.29, 1.82) is 0 Å². The first-order valence-corrected chi connectivity index (χ1v) is 9.30. The largest absolute Gasteiger partial charge is 0.481 e. The number of carboxylic acid groups (broad SMARTS) is 1. The molecule has 1 aliphatic heterocycles. The van der Waals surface area contributed by atoms with Gasteiger partial charge in [-0.3, -0.25) is 4.79 Å². The van der Waals surface area contributed by atoms with Gasteiger partial charge in [0.2, 0.25) is 11.6 Å². The Bertz CT molecular complexity index is 468. The maximum absolute atomic E-state index is 10.9. The molecule has 2 bridgehead atoms. The van der Waals surface area contributed by atoms with Gasteiger partial charge < -0.3 is 9.84 Å². The van der Waals surface area contributed by atoms with Crippen LogP contribution < -0.4 is 0 Å². The van der Waals surface area contributed by atoms with Crippen LogP contribution in [-0.4, -0.2) is 22.7 Å². The van der Waals surface area contributed by atoms with Crippen molar-refractivity contribution in [2.45, 2.75) is 82.7 Å². The van der Waals surface area contributed by atoms with Crippen LogP contribution in [0.15, 0.2) is 0 Å². The average molecular weight is 324 g/mol. The van der Waals surface area contributed by atoms with E-state index in [0.717, 1.165) is 38.0 Å². The van der Waals surface area contributed by atoms with Crippen LogP contribution in [0.1, 0.15) is 71.1 Å². The molecule has 4 atom stereocenters. The Labute approximate surface area is 137 Å². The summed E-state index contributed by atoms with van der Waals surface area (Å²) in [6.45, 7) is 2.24. The number of ether oxygens (including phenoxy) is 1.